The van der Waals surface area contributed by atoms with E-state index in [9.17, 15) is 14.7 Å². The number of carbonyl (C=O) groups is 2. The van der Waals surface area contributed by atoms with Gasteiger partial charge in [-0.05, 0) is 35.2 Å². The first-order valence-electron chi connectivity index (χ1n) is 9.92. The molecule has 1 atom stereocenters. The second-order valence-corrected chi connectivity index (χ2v) is 7.07. The second kappa shape index (κ2) is 10.8. The molecule has 3 aromatic rings. The molecule has 0 heterocycles. The predicted octanol–water partition coefficient (Wildman–Crippen LogP) is 4.01. The molecule has 3 rings (SSSR count). The minimum Gasteiger partial charge on any atom is -0.489 e. The van der Waals surface area contributed by atoms with Gasteiger partial charge in [-0.2, -0.15) is 0 Å². The number of aliphatic carboxylic acids is 1. The zero-order valence-corrected chi connectivity index (χ0v) is 16.7. The summed E-state index contributed by atoms with van der Waals surface area (Å²) in [7, 11) is 0. The number of para-hydroxylation sites is 1. The van der Waals surface area contributed by atoms with Crippen LogP contribution >= 0.6 is 0 Å². The maximum atomic E-state index is 12.3. The summed E-state index contributed by atoms with van der Waals surface area (Å²) >= 11 is 0. The Labute approximate surface area is 176 Å². The van der Waals surface area contributed by atoms with Gasteiger partial charge < -0.3 is 15.2 Å². The molecule has 30 heavy (non-hydrogen) atoms. The monoisotopic (exact) mass is 403 g/mol. The molecule has 3 aromatic carbocycles. The van der Waals surface area contributed by atoms with Gasteiger partial charge in [0.15, 0.2) is 0 Å². The van der Waals surface area contributed by atoms with Crippen LogP contribution in [0.2, 0.25) is 0 Å². The van der Waals surface area contributed by atoms with Crippen molar-refractivity contribution in [1.29, 1.82) is 0 Å². The molecule has 0 aromatic heterocycles. The van der Waals surface area contributed by atoms with Crippen molar-refractivity contribution in [2.45, 2.75) is 31.9 Å². The highest BCUT2D eigenvalue weighted by Gasteiger charge is 2.20. The van der Waals surface area contributed by atoms with E-state index < -0.39 is 12.0 Å². The van der Waals surface area contributed by atoms with E-state index in [-0.39, 0.29) is 18.7 Å². The molecule has 0 saturated heterocycles. The first kappa shape index (κ1) is 21.1. The number of aryl methyl sites for hydroxylation is 1. The van der Waals surface area contributed by atoms with Crippen molar-refractivity contribution in [3.8, 4) is 5.75 Å². The lowest BCUT2D eigenvalue weighted by Gasteiger charge is -2.14. The smallest absolute Gasteiger partial charge is 0.326 e. The summed E-state index contributed by atoms with van der Waals surface area (Å²) in [5.41, 5.74) is 2.93. The Bertz CT molecular complexity index is 940. The Morgan fingerprint density at radius 3 is 2.03 bits per heavy atom. The maximum Gasteiger partial charge on any atom is 0.326 e. The predicted molar refractivity (Wildman–Crippen MR) is 115 cm³/mol. The third kappa shape index (κ3) is 6.78. The summed E-state index contributed by atoms with van der Waals surface area (Å²) < 4.78 is 5.73. The van der Waals surface area contributed by atoms with Crippen LogP contribution in [0.5, 0.6) is 5.75 Å². The number of carboxylic acids is 1. The van der Waals surface area contributed by atoms with Crippen molar-refractivity contribution >= 4 is 11.9 Å². The zero-order chi connectivity index (χ0) is 21.2. The maximum absolute atomic E-state index is 12.3. The molecule has 154 valence electrons. The molecule has 5 nitrogen and oxygen atoms in total. The summed E-state index contributed by atoms with van der Waals surface area (Å²) in [6.07, 6.45) is 1.04. The first-order valence-corrected chi connectivity index (χ1v) is 9.92. The first-order chi connectivity index (χ1) is 14.6. The van der Waals surface area contributed by atoms with Gasteiger partial charge in [0.1, 0.15) is 18.4 Å². The van der Waals surface area contributed by atoms with Gasteiger partial charge >= 0.3 is 5.97 Å². The number of rotatable bonds is 10. The molecule has 0 aliphatic rings. The van der Waals surface area contributed by atoms with Gasteiger partial charge in [-0.3, -0.25) is 4.79 Å². The van der Waals surface area contributed by atoms with Crippen LogP contribution in [0.4, 0.5) is 0 Å². The summed E-state index contributed by atoms with van der Waals surface area (Å²) in [6.45, 7) is 0.477. The summed E-state index contributed by atoms with van der Waals surface area (Å²) in [5.74, 6) is -0.480. The molecule has 0 spiro atoms. The van der Waals surface area contributed by atoms with E-state index >= 15 is 0 Å². The minimum atomic E-state index is -1.03. The van der Waals surface area contributed by atoms with E-state index in [0.29, 0.717) is 13.0 Å². The Kier molecular flexibility index (Phi) is 7.61. The standard InChI is InChI=1S/C25H25NO4/c27-24(26-23(25(28)29)17-20-7-3-1-4-8-20)16-15-19-11-13-21(14-12-19)18-30-22-9-5-2-6-10-22/h1-14,23H,15-18H2,(H,26,27)(H,28,29). The normalized spacial score (nSPS) is 11.5. The van der Waals surface area contributed by atoms with Crippen molar-refractivity contribution < 1.29 is 19.4 Å². The number of carbonyl (C=O) groups excluding carboxylic acids is 1. The van der Waals surface area contributed by atoms with Crippen LogP contribution in [0.15, 0.2) is 84.9 Å². The number of nitrogens with one attached hydrogen (secondary N) is 1. The Balaban J connectivity index is 1.45. The number of benzene rings is 3. The summed E-state index contributed by atoms with van der Waals surface area (Å²) in [5, 5.41) is 12.0. The molecule has 5 heteroatoms. The molecule has 1 unspecified atom stereocenters. The van der Waals surface area contributed by atoms with Crippen LogP contribution in [-0.4, -0.2) is 23.0 Å². The van der Waals surface area contributed by atoms with Crippen molar-refractivity contribution in [1.82, 2.24) is 5.32 Å². The lowest BCUT2D eigenvalue weighted by Crippen LogP contribution is -2.42. The zero-order valence-electron chi connectivity index (χ0n) is 16.7. The molecule has 0 bridgehead atoms. The van der Waals surface area contributed by atoms with Crippen LogP contribution in [0.25, 0.3) is 0 Å². The fourth-order valence-corrected chi connectivity index (χ4v) is 3.06. The van der Waals surface area contributed by atoms with Gasteiger partial charge in [0.2, 0.25) is 5.91 Å². The van der Waals surface area contributed by atoms with Gasteiger partial charge in [-0.25, -0.2) is 4.79 Å². The Morgan fingerprint density at radius 1 is 0.800 bits per heavy atom. The van der Waals surface area contributed by atoms with Crippen molar-refractivity contribution in [3.63, 3.8) is 0 Å². The highest BCUT2D eigenvalue weighted by Crippen LogP contribution is 2.13. The minimum absolute atomic E-state index is 0.235. The average molecular weight is 403 g/mol. The highest BCUT2D eigenvalue weighted by atomic mass is 16.5. The fraction of sp³-hybridized carbons (Fsp3) is 0.200. The molecule has 1 amide bonds. The summed E-state index contributed by atoms with van der Waals surface area (Å²) in [4.78, 5) is 23.7. The van der Waals surface area contributed by atoms with E-state index in [2.05, 4.69) is 5.32 Å². The van der Waals surface area contributed by atoms with Crippen molar-refractivity contribution in [2.24, 2.45) is 0 Å². The number of hydrogen-bond donors (Lipinski definition) is 2. The van der Waals surface area contributed by atoms with Gasteiger partial charge in [0.05, 0.1) is 0 Å². The van der Waals surface area contributed by atoms with E-state index in [1.165, 1.54) is 0 Å². The van der Waals surface area contributed by atoms with E-state index in [0.717, 1.165) is 22.4 Å². The molecule has 0 aliphatic carbocycles. The average Bonchev–Trinajstić information content (AvgIpc) is 2.78. The van der Waals surface area contributed by atoms with Gasteiger partial charge in [-0.1, -0.05) is 72.8 Å². The highest BCUT2D eigenvalue weighted by molar-refractivity contribution is 5.83. The number of carboxylic acid groups (broad SMARTS) is 1. The van der Waals surface area contributed by atoms with E-state index in [1.54, 1.807) is 0 Å². The van der Waals surface area contributed by atoms with Crippen LogP contribution in [0.1, 0.15) is 23.1 Å². The van der Waals surface area contributed by atoms with Crippen LogP contribution in [0, 0.1) is 0 Å². The summed E-state index contributed by atoms with van der Waals surface area (Å²) in [6, 6.07) is 25.9. The van der Waals surface area contributed by atoms with Gasteiger partial charge in [0, 0.05) is 12.8 Å². The lowest BCUT2D eigenvalue weighted by molar-refractivity contribution is -0.141. The number of amides is 1. The molecule has 0 aliphatic heterocycles. The van der Waals surface area contributed by atoms with Crippen LogP contribution in [-0.2, 0) is 29.0 Å². The van der Waals surface area contributed by atoms with Crippen molar-refractivity contribution in [3.05, 3.63) is 102 Å². The van der Waals surface area contributed by atoms with Crippen LogP contribution < -0.4 is 10.1 Å². The number of hydrogen-bond acceptors (Lipinski definition) is 3. The van der Waals surface area contributed by atoms with Crippen molar-refractivity contribution in [2.75, 3.05) is 0 Å². The third-order valence-electron chi connectivity index (χ3n) is 4.73. The second-order valence-electron chi connectivity index (χ2n) is 7.07. The van der Waals surface area contributed by atoms with Gasteiger partial charge in [-0.15, -0.1) is 0 Å². The van der Waals surface area contributed by atoms with Gasteiger partial charge in [0.25, 0.3) is 0 Å². The lowest BCUT2D eigenvalue weighted by atomic mass is 10.0. The molecule has 0 radical (unpaired) electrons. The molecule has 2 N–H and O–H groups in total. The molecule has 0 fully saturated rings. The third-order valence-corrected chi connectivity index (χ3v) is 4.73. The molecular formula is C25H25NO4. The van der Waals surface area contributed by atoms with Crippen LogP contribution in [0.3, 0.4) is 0 Å². The molecule has 0 saturated carbocycles. The largest absolute Gasteiger partial charge is 0.489 e. The Morgan fingerprint density at radius 2 is 1.40 bits per heavy atom. The quantitative estimate of drug-likeness (QED) is 0.536. The number of ether oxygens (including phenoxy) is 1. The SMILES string of the molecule is O=C(CCc1ccc(COc2ccccc2)cc1)NC(Cc1ccccc1)C(=O)O. The van der Waals surface area contributed by atoms with E-state index in [1.807, 2.05) is 84.9 Å². The topological polar surface area (TPSA) is 75.6 Å². The fourth-order valence-electron chi connectivity index (χ4n) is 3.06. The Hall–Kier alpha value is -3.60. The molecular weight excluding hydrogens is 378 g/mol. The van der Waals surface area contributed by atoms with E-state index in [4.69, 9.17) is 4.74 Å².